The monoisotopic (exact) mass is 559 g/mol. The summed E-state index contributed by atoms with van der Waals surface area (Å²) >= 11 is 0. The Bertz CT molecular complexity index is 1810. The predicted molar refractivity (Wildman–Crippen MR) is 156 cm³/mol. The number of nitrogens with zero attached hydrogens (tertiary/aromatic N) is 1. The predicted octanol–water partition coefficient (Wildman–Crippen LogP) is 5.58. The highest BCUT2D eigenvalue weighted by molar-refractivity contribution is 6.36. The molecular formula is C35H29NO6. The zero-order chi connectivity index (χ0) is 29.0. The molecule has 0 bridgehead atoms. The summed E-state index contributed by atoms with van der Waals surface area (Å²) in [6.07, 6.45) is 1.58. The van der Waals surface area contributed by atoms with Crippen molar-refractivity contribution < 1.29 is 28.6 Å². The third-order valence-electron chi connectivity index (χ3n) is 10.2. The molecule has 4 aromatic rings. The van der Waals surface area contributed by atoms with Crippen molar-refractivity contribution in [3.63, 3.8) is 0 Å². The van der Waals surface area contributed by atoms with Crippen molar-refractivity contribution in [2.24, 2.45) is 5.41 Å². The van der Waals surface area contributed by atoms with Crippen LogP contribution in [0.1, 0.15) is 61.0 Å². The summed E-state index contributed by atoms with van der Waals surface area (Å²) in [6, 6.07) is 22.0. The first kappa shape index (κ1) is 25.2. The van der Waals surface area contributed by atoms with E-state index >= 15 is 14.4 Å². The molecule has 0 radical (unpaired) electrons. The lowest BCUT2D eigenvalue weighted by molar-refractivity contribution is 0.0278. The maximum atomic E-state index is 15.2. The van der Waals surface area contributed by atoms with Crippen molar-refractivity contribution in [1.29, 1.82) is 0 Å². The molecule has 3 atom stereocenters. The van der Waals surface area contributed by atoms with Crippen LogP contribution in [0.25, 0.3) is 10.8 Å². The van der Waals surface area contributed by atoms with E-state index in [0.29, 0.717) is 46.0 Å². The first-order chi connectivity index (χ1) is 20.5. The van der Waals surface area contributed by atoms with Crippen LogP contribution in [-0.2, 0) is 5.54 Å². The van der Waals surface area contributed by atoms with Crippen molar-refractivity contribution in [2.75, 3.05) is 27.9 Å². The van der Waals surface area contributed by atoms with Gasteiger partial charge in [0.05, 0.1) is 21.3 Å². The van der Waals surface area contributed by atoms with Crippen molar-refractivity contribution in [3.05, 3.63) is 101 Å². The first-order valence-electron chi connectivity index (χ1n) is 14.3. The third-order valence-corrected chi connectivity index (χ3v) is 10.2. The van der Waals surface area contributed by atoms with Crippen LogP contribution in [-0.4, -0.2) is 56.2 Å². The second-order valence-electron chi connectivity index (χ2n) is 11.6. The molecule has 0 amide bonds. The summed E-state index contributed by atoms with van der Waals surface area (Å²) in [6.45, 7) is 0.598. The topological polar surface area (TPSA) is 82.1 Å². The lowest BCUT2D eigenvalue weighted by atomic mass is 9.56. The maximum absolute atomic E-state index is 15.2. The van der Waals surface area contributed by atoms with E-state index in [1.807, 2.05) is 48.5 Å². The summed E-state index contributed by atoms with van der Waals surface area (Å²) in [7, 11) is 4.64. The lowest BCUT2D eigenvalue weighted by Gasteiger charge is -2.44. The standard InChI is InChI=1S/C35H29NO6/c1-40-26-17-20(18-27(41-2)30(26)42-3)29-25-15-8-16-36(25)35(34(29)31(37)21-11-4-5-12-22(21)32(34)38)24-14-7-10-19-9-6-13-23(28(19)24)33(35)39/h4-7,9-14,17-18,25,29H,8,15-16H2,1-3H3/t25-,29-,35?/m1/s1. The third kappa shape index (κ3) is 2.60. The number of rotatable bonds is 4. The van der Waals surface area contributed by atoms with E-state index in [1.165, 1.54) is 0 Å². The number of carbonyl (C=O) groups is 3. The zero-order valence-corrected chi connectivity index (χ0v) is 23.6. The van der Waals surface area contributed by atoms with Gasteiger partial charge in [0.1, 0.15) is 11.0 Å². The molecule has 2 aliphatic heterocycles. The van der Waals surface area contributed by atoms with E-state index in [1.54, 1.807) is 45.6 Å². The van der Waals surface area contributed by atoms with Gasteiger partial charge in [-0.1, -0.05) is 60.7 Å². The Hall–Kier alpha value is -4.49. The van der Waals surface area contributed by atoms with Crippen LogP contribution in [0.15, 0.2) is 72.8 Å². The minimum Gasteiger partial charge on any atom is -0.493 e. The molecule has 1 unspecified atom stereocenters. The quantitative estimate of drug-likeness (QED) is 0.302. The SMILES string of the molecule is COc1cc([C@@H]2[C@H]3CCCN3C3(C(=O)c4cccc5cccc3c45)C23C(=O)c2ccccc2C3=O)cc(OC)c1OC. The number of carbonyl (C=O) groups excluding carboxylic acids is 3. The highest BCUT2D eigenvalue weighted by Gasteiger charge is 2.81. The number of methoxy groups -OCH3 is 3. The first-order valence-corrected chi connectivity index (χ1v) is 14.3. The Morgan fingerprint density at radius 2 is 1.36 bits per heavy atom. The Morgan fingerprint density at radius 3 is 1.98 bits per heavy atom. The van der Waals surface area contributed by atoms with Gasteiger partial charge in [-0.25, -0.2) is 0 Å². The molecule has 8 rings (SSSR count). The van der Waals surface area contributed by atoms with E-state index < -0.39 is 16.9 Å². The van der Waals surface area contributed by atoms with E-state index in [4.69, 9.17) is 14.2 Å². The van der Waals surface area contributed by atoms with Gasteiger partial charge in [-0.3, -0.25) is 19.3 Å². The van der Waals surface area contributed by atoms with Crippen molar-refractivity contribution in [2.45, 2.75) is 30.3 Å². The molecule has 0 saturated carbocycles. The highest BCUT2D eigenvalue weighted by atomic mass is 16.5. The Kier molecular flexibility index (Phi) is 5.12. The van der Waals surface area contributed by atoms with Crippen LogP contribution in [0.4, 0.5) is 0 Å². The molecule has 4 aliphatic rings. The number of hydrogen-bond donors (Lipinski definition) is 0. The van der Waals surface area contributed by atoms with E-state index in [-0.39, 0.29) is 23.4 Å². The van der Waals surface area contributed by atoms with Crippen LogP contribution >= 0.6 is 0 Å². The molecule has 0 N–H and O–H groups in total. The van der Waals surface area contributed by atoms with Gasteiger partial charge < -0.3 is 14.2 Å². The van der Waals surface area contributed by atoms with Crippen LogP contribution < -0.4 is 14.2 Å². The van der Waals surface area contributed by atoms with Crippen LogP contribution in [0, 0.1) is 5.41 Å². The minimum absolute atomic E-state index is 0.175. The minimum atomic E-state index is -1.73. The van der Waals surface area contributed by atoms with Gasteiger partial charge in [0, 0.05) is 28.7 Å². The number of ether oxygens (including phenoxy) is 3. The Morgan fingerprint density at radius 1 is 0.738 bits per heavy atom. The van der Waals surface area contributed by atoms with Crippen molar-refractivity contribution in [1.82, 2.24) is 4.90 Å². The highest BCUT2D eigenvalue weighted by Crippen LogP contribution is 2.71. The van der Waals surface area contributed by atoms with Gasteiger partial charge in [0.2, 0.25) is 5.75 Å². The molecule has 2 spiro atoms. The smallest absolute Gasteiger partial charge is 0.203 e. The number of benzene rings is 4. The lowest BCUT2D eigenvalue weighted by Crippen LogP contribution is -2.60. The van der Waals surface area contributed by atoms with Gasteiger partial charge in [0.25, 0.3) is 0 Å². The molecule has 2 aliphatic carbocycles. The van der Waals surface area contributed by atoms with Gasteiger partial charge in [-0.15, -0.1) is 0 Å². The average molecular weight is 560 g/mol. The number of Topliss-reactive ketones (excluding diaryl/α,β-unsaturated/α-hetero) is 3. The fourth-order valence-electron chi connectivity index (χ4n) is 8.89. The van der Waals surface area contributed by atoms with E-state index in [0.717, 1.165) is 29.2 Å². The summed E-state index contributed by atoms with van der Waals surface area (Å²) in [5.74, 6) is -0.114. The van der Waals surface area contributed by atoms with Crippen molar-refractivity contribution >= 4 is 28.1 Å². The van der Waals surface area contributed by atoms with Crippen LogP contribution in [0.5, 0.6) is 17.2 Å². The Balaban J connectivity index is 1.52. The second kappa shape index (κ2) is 8.52. The molecule has 2 saturated heterocycles. The summed E-state index contributed by atoms with van der Waals surface area (Å²) in [4.78, 5) is 47.7. The normalized spacial score (nSPS) is 25.1. The molecule has 210 valence electrons. The van der Waals surface area contributed by atoms with Gasteiger partial charge in [-0.2, -0.15) is 0 Å². The maximum Gasteiger partial charge on any atom is 0.203 e. The van der Waals surface area contributed by atoms with E-state index in [2.05, 4.69) is 4.90 Å². The van der Waals surface area contributed by atoms with E-state index in [9.17, 15) is 0 Å². The van der Waals surface area contributed by atoms with Gasteiger partial charge >= 0.3 is 0 Å². The molecule has 2 heterocycles. The molecule has 0 aromatic heterocycles. The number of hydrogen-bond acceptors (Lipinski definition) is 7. The van der Waals surface area contributed by atoms with Crippen LogP contribution in [0.3, 0.4) is 0 Å². The average Bonchev–Trinajstić information content (AvgIpc) is 3.72. The molecule has 2 fully saturated rings. The fraction of sp³-hybridized carbons (Fsp3) is 0.286. The fourth-order valence-corrected chi connectivity index (χ4v) is 8.89. The summed E-state index contributed by atoms with van der Waals surface area (Å²) in [5, 5.41) is 1.75. The largest absolute Gasteiger partial charge is 0.493 e. The van der Waals surface area contributed by atoms with Gasteiger partial charge in [-0.05, 0) is 53.4 Å². The second-order valence-corrected chi connectivity index (χ2v) is 11.6. The summed E-state index contributed by atoms with van der Waals surface area (Å²) < 4.78 is 17.1. The number of fused-ring (bicyclic) bond motifs is 5. The molecule has 7 nitrogen and oxygen atoms in total. The zero-order valence-electron chi connectivity index (χ0n) is 23.6. The number of ketones is 3. The molecule has 7 heteroatoms. The summed E-state index contributed by atoms with van der Waals surface area (Å²) in [5.41, 5.74) is -0.449. The van der Waals surface area contributed by atoms with Crippen molar-refractivity contribution in [3.8, 4) is 17.2 Å². The van der Waals surface area contributed by atoms with Gasteiger partial charge in [0.15, 0.2) is 28.8 Å². The molecule has 42 heavy (non-hydrogen) atoms. The molecular weight excluding hydrogens is 530 g/mol. The molecule has 4 aromatic carbocycles. The Labute approximate surface area is 243 Å². The van der Waals surface area contributed by atoms with Crippen LogP contribution in [0.2, 0.25) is 0 Å².